The van der Waals surface area contributed by atoms with Crippen molar-refractivity contribution < 1.29 is 26.7 Å². The zero-order chi connectivity index (χ0) is 32.1. The summed E-state index contributed by atoms with van der Waals surface area (Å²) >= 11 is -2.05. The summed E-state index contributed by atoms with van der Waals surface area (Å²) in [7, 11) is 10.0. The fourth-order valence-electron chi connectivity index (χ4n) is 5.65. The van der Waals surface area contributed by atoms with Gasteiger partial charge in [-0.1, -0.05) is 35.4 Å². The van der Waals surface area contributed by atoms with Gasteiger partial charge in [-0.2, -0.15) is 6.67 Å². The Hall–Kier alpha value is -1.96. The number of nitrogens with zero attached hydrogens (tertiary/aromatic N) is 2. The van der Waals surface area contributed by atoms with E-state index in [4.69, 9.17) is 19.4 Å². The maximum absolute atomic E-state index is 12.0. The van der Waals surface area contributed by atoms with Crippen LogP contribution in [-0.2, 0) is 23.4 Å². The number of rotatable bonds is 8. The van der Waals surface area contributed by atoms with Gasteiger partial charge in [0.05, 0.1) is 0 Å². The van der Waals surface area contributed by atoms with Crippen molar-refractivity contribution in [2.75, 3.05) is 35.8 Å². The average Bonchev–Trinajstić information content (AvgIpc) is 3.32. The molecule has 0 bridgehead atoms. The Morgan fingerprint density at radius 3 is 1.74 bits per heavy atom. The smallest absolute Gasteiger partial charge is 0.0146 e. The molecule has 1 aliphatic heterocycles. The summed E-state index contributed by atoms with van der Waals surface area (Å²) in [6.07, 6.45) is 0.105. The van der Waals surface area contributed by atoms with Crippen molar-refractivity contribution in [3.63, 3.8) is 0 Å². The van der Waals surface area contributed by atoms with Gasteiger partial charge in [-0.15, -0.1) is 0 Å². The number of anilines is 2. The van der Waals surface area contributed by atoms with E-state index in [0.717, 1.165) is 13.1 Å². The minimum atomic E-state index is -3.36. The molecule has 0 spiro atoms. The SMILES string of the molecule is CNCS(=O)(=O)c1ccc([OH+]C(C)C)c([CH]=[Ru]([Cl])[Cl])c1.Cc1cc(C)c(N2[CH-]N(c3c(C)cc(C)cc3C)CC2)c(C)c1. The molecular weight excluding hydrogens is 690 g/mol. The summed E-state index contributed by atoms with van der Waals surface area (Å²) in [6.45, 7) is 21.5. The van der Waals surface area contributed by atoms with Crippen molar-refractivity contribution in [3.05, 3.63) is 88.1 Å². The number of aliphatic hydroxyl groups is 1. The first-order valence-corrected chi connectivity index (χ1v) is 21.4. The summed E-state index contributed by atoms with van der Waals surface area (Å²) in [5, 5.41) is 2.65. The molecular formula is C33H45Cl2N3O3RuS. The Balaban J connectivity index is 0.000000238. The number of sulfone groups is 1. The third-order valence-corrected chi connectivity index (χ3v) is 10.5. The molecule has 1 aliphatic rings. The van der Waals surface area contributed by atoms with E-state index in [-0.39, 0.29) is 16.9 Å². The first kappa shape index (κ1) is 35.5. The fourth-order valence-corrected chi connectivity index (χ4v) is 8.57. The van der Waals surface area contributed by atoms with Gasteiger partial charge in [0.15, 0.2) is 0 Å². The van der Waals surface area contributed by atoms with Crippen LogP contribution in [0.2, 0.25) is 0 Å². The predicted molar refractivity (Wildman–Crippen MR) is 182 cm³/mol. The monoisotopic (exact) mass is 735 g/mol. The van der Waals surface area contributed by atoms with Crippen LogP contribution in [0.15, 0.2) is 47.4 Å². The Labute approximate surface area is 271 Å². The van der Waals surface area contributed by atoms with Crippen LogP contribution in [0, 0.1) is 48.2 Å². The summed E-state index contributed by atoms with van der Waals surface area (Å²) < 4.78 is 30.2. The zero-order valence-electron chi connectivity index (χ0n) is 26.6. The first-order valence-electron chi connectivity index (χ1n) is 14.2. The molecule has 0 aromatic heterocycles. The molecule has 1 heterocycles. The molecule has 1 fully saturated rings. The second-order valence-corrected chi connectivity index (χ2v) is 19.1. The third kappa shape index (κ3) is 9.52. The van der Waals surface area contributed by atoms with E-state index < -0.39 is 23.4 Å². The molecule has 4 rings (SSSR count). The van der Waals surface area contributed by atoms with Crippen LogP contribution in [-0.4, -0.2) is 49.9 Å². The molecule has 3 aromatic rings. The number of aromatic hydroxyl groups is 1. The van der Waals surface area contributed by atoms with Crippen molar-refractivity contribution in [2.24, 2.45) is 0 Å². The predicted octanol–water partition coefficient (Wildman–Crippen LogP) is 7.35. The van der Waals surface area contributed by atoms with Crippen molar-refractivity contribution in [1.82, 2.24) is 5.32 Å². The molecule has 2 N–H and O–H groups in total. The van der Waals surface area contributed by atoms with Crippen molar-refractivity contribution >= 4 is 45.2 Å². The molecule has 1 saturated heterocycles. The molecule has 3 aromatic carbocycles. The Morgan fingerprint density at radius 2 is 1.35 bits per heavy atom. The molecule has 43 heavy (non-hydrogen) atoms. The van der Waals surface area contributed by atoms with Gasteiger partial charge >= 0.3 is 133 Å². The van der Waals surface area contributed by atoms with E-state index in [9.17, 15) is 8.42 Å². The standard InChI is InChI=1S/C21H27N2.C12H17NO3S.2ClH.Ru/c1-14-9-16(3)20(17(4)10-14)22-7-8-23(13-22)21-18(5)11-15(2)12-19(21)6;1-9(2)16-12-6-5-11(7-10(12)3)17(14,15)8-13-4;;;/h9-13H,7-8H2,1-6H3;3,5-7,9,13H,8H2,1-2,4H3;2*1H;/q-1;;;;+2/p-1. The van der Waals surface area contributed by atoms with Gasteiger partial charge < -0.3 is 9.80 Å². The van der Waals surface area contributed by atoms with Crippen LogP contribution in [0.5, 0.6) is 5.75 Å². The number of ether oxygens (including phenoxy) is 1. The second kappa shape index (κ2) is 15.4. The van der Waals surface area contributed by atoms with Crippen molar-refractivity contribution in [2.45, 2.75) is 66.4 Å². The van der Waals surface area contributed by atoms with Crippen LogP contribution < -0.4 is 15.1 Å². The van der Waals surface area contributed by atoms with Gasteiger partial charge in [0, 0.05) is 24.5 Å². The topological polar surface area (TPSA) is 65.5 Å². The van der Waals surface area contributed by atoms with Crippen LogP contribution in [0.4, 0.5) is 11.4 Å². The third-order valence-electron chi connectivity index (χ3n) is 6.98. The van der Waals surface area contributed by atoms with Crippen LogP contribution in [0.3, 0.4) is 0 Å². The first-order chi connectivity index (χ1) is 20.1. The molecule has 0 radical (unpaired) electrons. The fraction of sp³-hybridized carbons (Fsp3) is 0.394. The molecule has 0 unspecified atom stereocenters. The van der Waals surface area contributed by atoms with Crippen LogP contribution in [0.25, 0.3) is 0 Å². The van der Waals surface area contributed by atoms with Crippen molar-refractivity contribution in [3.8, 4) is 5.75 Å². The quantitative estimate of drug-likeness (QED) is 0.149. The van der Waals surface area contributed by atoms with Gasteiger partial charge in [0.25, 0.3) is 0 Å². The van der Waals surface area contributed by atoms with Crippen molar-refractivity contribution in [1.29, 1.82) is 0 Å². The Bertz CT molecular complexity index is 1480. The summed E-state index contributed by atoms with van der Waals surface area (Å²) in [5.41, 5.74) is 11.5. The van der Waals surface area contributed by atoms with Gasteiger partial charge in [0.2, 0.25) is 0 Å². The average molecular weight is 736 g/mol. The van der Waals surface area contributed by atoms with E-state index in [0.29, 0.717) is 11.3 Å². The zero-order valence-corrected chi connectivity index (χ0v) is 30.6. The number of aryl methyl sites for hydroxylation is 6. The number of hydrogen-bond donors (Lipinski definition) is 1. The molecule has 238 valence electrons. The van der Waals surface area contributed by atoms with Crippen LogP contribution >= 0.6 is 19.4 Å². The van der Waals surface area contributed by atoms with Gasteiger partial charge in [-0.05, 0) is 63.8 Å². The van der Waals surface area contributed by atoms with E-state index in [2.05, 4.69) is 92.3 Å². The minimum absolute atomic E-state index is 0.105. The summed E-state index contributed by atoms with van der Waals surface area (Å²) in [6, 6.07) is 14.0. The van der Waals surface area contributed by atoms with E-state index in [1.165, 1.54) is 44.8 Å². The Kier molecular flexibility index (Phi) is 12.7. The summed E-state index contributed by atoms with van der Waals surface area (Å²) in [5.74, 6) is 0.596. The van der Waals surface area contributed by atoms with E-state index in [1.807, 2.05) is 13.8 Å². The number of hydrogen-bond acceptors (Lipinski definition) is 5. The maximum atomic E-state index is 12.0. The molecule has 10 heteroatoms. The largest absolute Gasteiger partial charge is 0.502 e. The molecule has 0 atom stereocenters. The number of benzene rings is 3. The van der Waals surface area contributed by atoms with Gasteiger partial charge in [-0.3, -0.25) is 0 Å². The molecule has 0 amide bonds. The number of halogens is 2. The Morgan fingerprint density at radius 1 is 0.884 bits per heavy atom. The molecule has 0 aliphatic carbocycles. The van der Waals surface area contributed by atoms with Crippen LogP contribution in [0.1, 0.15) is 52.8 Å². The number of nitrogens with one attached hydrogen (secondary N) is 1. The van der Waals surface area contributed by atoms with Gasteiger partial charge in [-0.25, -0.2) is 0 Å². The molecule has 0 saturated carbocycles. The van der Waals surface area contributed by atoms with E-state index >= 15 is 0 Å². The second-order valence-electron chi connectivity index (χ2n) is 11.4. The maximum Gasteiger partial charge on any atom is 0.0146 e. The molecule has 6 nitrogen and oxygen atoms in total. The van der Waals surface area contributed by atoms with Gasteiger partial charge in [0.1, 0.15) is 0 Å². The summed E-state index contributed by atoms with van der Waals surface area (Å²) in [4.78, 5) is 5.05. The minimum Gasteiger partial charge on any atom is -0.502 e. The van der Waals surface area contributed by atoms with E-state index in [1.54, 1.807) is 29.9 Å². The normalized spacial score (nSPS) is 13.6.